The fourth-order valence-corrected chi connectivity index (χ4v) is 2.50. The van der Waals surface area contributed by atoms with Crippen LogP contribution in [0, 0.1) is 5.92 Å². The fraction of sp³-hybridized carbons (Fsp3) is 0.538. The number of nitrogens with one attached hydrogen (secondary N) is 1. The summed E-state index contributed by atoms with van der Waals surface area (Å²) < 4.78 is 36.8. The molecule has 4 nitrogen and oxygen atoms in total. The van der Waals surface area contributed by atoms with Crippen LogP contribution in [0.5, 0.6) is 0 Å². The van der Waals surface area contributed by atoms with Crippen molar-refractivity contribution >= 4 is 17.5 Å². The van der Waals surface area contributed by atoms with Crippen LogP contribution in [0.2, 0.25) is 5.15 Å². The van der Waals surface area contributed by atoms with Crippen molar-refractivity contribution in [3.05, 3.63) is 29.0 Å². The lowest BCUT2D eigenvalue weighted by molar-refractivity contribution is -0.143. The first-order valence-corrected chi connectivity index (χ1v) is 6.91. The van der Waals surface area contributed by atoms with Crippen molar-refractivity contribution in [2.24, 2.45) is 5.92 Å². The second-order valence-corrected chi connectivity index (χ2v) is 5.45. The number of hydrogen-bond donors (Lipinski definition) is 1. The molecule has 1 aliphatic heterocycles. The molecule has 1 aromatic heterocycles. The van der Waals surface area contributed by atoms with E-state index in [2.05, 4.69) is 10.3 Å². The molecule has 1 atom stereocenters. The molecule has 0 bridgehead atoms. The minimum absolute atomic E-state index is 0.0236. The number of nitrogens with zero attached hydrogens (tertiary/aromatic N) is 2. The van der Waals surface area contributed by atoms with Crippen molar-refractivity contribution in [1.82, 2.24) is 15.2 Å². The van der Waals surface area contributed by atoms with Gasteiger partial charge in [0.25, 0.3) is 5.91 Å². The number of likely N-dealkylation sites (tertiary alicyclic amines) is 1. The summed E-state index contributed by atoms with van der Waals surface area (Å²) in [5.74, 6) is -0.345. The Bertz CT molecular complexity index is 510. The quantitative estimate of drug-likeness (QED) is 0.866. The van der Waals surface area contributed by atoms with Gasteiger partial charge in [0.05, 0.1) is 6.54 Å². The third-order valence-corrected chi connectivity index (χ3v) is 3.48. The number of carbonyl (C=O) groups excluding carboxylic acids is 1. The van der Waals surface area contributed by atoms with Crippen LogP contribution in [0.15, 0.2) is 18.2 Å². The zero-order chi connectivity index (χ0) is 15.5. The number of halogens is 4. The molecule has 0 aromatic carbocycles. The van der Waals surface area contributed by atoms with Crippen LogP contribution in [0.4, 0.5) is 13.2 Å². The first kappa shape index (κ1) is 16.0. The van der Waals surface area contributed by atoms with Crippen LogP contribution in [0.3, 0.4) is 0 Å². The molecule has 1 fully saturated rings. The second kappa shape index (κ2) is 6.62. The Balaban J connectivity index is 1.78. The highest BCUT2D eigenvalue weighted by molar-refractivity contribution is 6.29. The summed E-state index contributed by atoms with van der Waals surface area (Å²) in [6, 6.07) is 4.71. The van der Waals surface area contributed by atoms with E-state index in [1.807, 2.05) is 0 Å². The normalized spacial score (nSPS) is 19.7. The van der Waals surface area contributed by atoms with Gasteiger partial charge in [-0.3, -0.25) is 9.69 Å². The van der Waals surface area contributed by atoms with Gasteiger partial charge in [0.1, 0.15) is 10.8 Å². The van der Waals surface area contributed by atoms with E-state index in [1.165, 1.54) is 11.0 Å². The molecule has 2 rings (SSSR count). The molecule has 1 aromatic rings. The van der Waals surface area contributed by atoms with Crippen molar-refractivity contribution in [3.8, 4) is 0 Å². The number of carbonyl (C=O) groups is 1. The van der Waals surface area contributed by atoms with Gasteiger partial charge in [0.15, 0.2) is 0 Å². The Kier molecular flexibility index (Phi) is 5.05. The van der Waals surface area contributed by atoms with Gasteiger partial charge in [-0.15, -0.1) is 0 Å². The molecular weight excluding hydrogens is 307 g/mol. The number of alkyl halides is 3. The van der Waals surface area contributed by atoms with Crippen LogP contribution in [0.1, 0.15) is 16.9 Å². The molecule has 0 aliphatic carbocycles. The van der Waals surface area contributed by atoms with E-state index in [9.17, 15) is 18.0 Å². The lowest BCUT2D eigenvalue weighted by atomic mass is 10.1. The number of amides is 1. The van der Waals surface area contributed by atoms with Crippen LogP contribution >= 0.6 is 11.6 Å². The van der Waals surface area contributed by atoms with E-state index in [4.69, 9.17) is 11.6 Å². The highest BCUT2D eigenvalue weighted by Crippen LogP contribution is 2.22. The van der Waals surface area contributed by atoms with E-state index < -0.39 is 12.7 Å². The van der Waals surface area contributed by atoms with Gasteiger partial charge in [-0.05, 0) is 31.0 Å². The molecule has 1 amide bonds. The molecular formula is C13H15ClF3N3O. The predicted molar refractivity (Wildman–Crippen MR) is 72.2 cm³/mol. The summed E-state index contributed by atoms with van der Waals surface area (Å²) in [5.41, 5.74) is 0.202. The SMILES string of the molecule is O=C(NCC1CCN(CC(F)(F)F)C1)c1cccc(Cl)n1. The summed E-state index contributed by atoms with van der Waals surface area (Å²) in [5, 5.41) is 2.91. The third kappa shape index (κ3) is 5.17. The first-order chi connectivity index (χ1) is 9.83. The highest BCUT2D eigenvalue weighted by atomic mass is 35.5. The van der Waals surface area contributed by atoms with Crippen molar-refractivity contribution in [2.75, 3.05) is 26.2 Å². The fourth-order valence-electron chi connectivity index (χ4n) is 2.34. The van der Waals surface area contributed by atoms with Crippen LogP contribution in [0.25, 0.3) is 0 Å². The number of aromatic nitrogens is 1. The molecule has 1 unspecified atom stereocenters. The molecule has 2 heterocycles. The van der Waals surface area contributed by atoms with Crippen LogP contribution in [-0.4, -0.2) is 48.1 Å². The summed E-state index contributed by atoms with van der Waals surface area (Å²) in [6.07, 6.45) is -3.54. The zero-order valence-corrected chi connectivity index (χ0v) is 11.9. The second-order valence-electron chi connectivity index (χ2n) is 5.06. The topological polar surface area (TPSA) is 45.2 Å². The van der Waals surface area contributed by atoms with Crippen molar-refractivity contribution in [2.45, 2.75) is 12.6 Å². The lowest BCUT2D eigenvalue weighted by Gasteiger charge is -2.17. The Morgan fingerprint density at radius 3 is 2.90 bits per heavy atom. The van der Waals surface area contributed by atoms with Crippen molar-refractivity contribution in [1.29, 1.82) is 0 Å². The van der Waals surface area contributed by atoms with Gasteiger partial charge in [-0.25, -0.2) is 4.98 Å². The Labute approximate surface area is 125 Å². The Hall–Kier alpha value is -1.34. The number of pyridine rings is 1. The average molecular weight is 322 g/mol. The summed E-state index contributed by atoms with van der Waals surface area (Å²) in [6.45, 7) is 0.174. The van der Waals surface area contributed by atoms with Gasteiger partial charge in [0, 0.05) is 13.1 Å². The molecule has 0 saturated carbocycles. The van der Waals surface area contributed by atoms with Crippen LogP contribution < -0.4 is 5.32 Å². The lowest BCUT2D eigenvalue weighted by Crippen LogP contribution is -2.34. The van der Waals surface area contributed by atoms with Gasteiger partial charge >= 0.3 is 6.18 Å². The molecule has 1 N–H and O–H groups in total. The molecule has 0 radical (unpaired) electrons. The monoisotopic (exact) mass is 321 g/mol. The van der Waals surface area contributed by atoms with E-state index in [-0.39, 0.29) is 22.7 Å². The molecule has 0 spiro atoms. The highest BCUT2D eigenvalue weighted by Gasteiger charge is 2.34. The summed E-state index contributed by atoms with van der Waals surface area (Å²) in [4.78, 5) is 17.1. The summed E-state index contributed by atoms with van der Waals surface area (Å²) >= 11 is 5.69. The molecule has 21 heavy (non-hydrogen) atoms. The average Bonchev–Trinajstić information content (AvgIpc) is 2.81. The standard InChI is InChI=1S/C13H15ClF3N3O/c14-11-3-1-2-10(19-11)12(21)18-6-9-4-5-20(7-9)8-13(15,16)17/h1-3,9H,4-8H2,(H,18,21). The predicted octanol–water partition coefficient (Wildman–Crippen LogP) is 2.35. The van der Waals surface area contributed by atoms with E-state index >= 15 is 0 Å². The van der Waals surface area contributed by atoms with E-state index in [1.54, 1.807) is 12.1 Å². The Morgan fingerprint density at radius 1 is 1.48 bits per heavy atom. The maximum atomic E-state index is 12.3. The largest absolute Gasteiger partial charge is 0.401 e. The minimum Gasteiger partial charge on any atom is -0.350 e. The number of rotatable bonds is 4. The van der Waals surface area contributed by atoms with E-state index in [0.717, 1.165) is 0 Å². The van der Waals surface area contributed by atoms with Crippen molar-refractivity contribution < 1.29 is 18.0 Å². The zero-order valence-electron chi connectivity index (χ0n) is 11.2. The Morgan fingerprint density at radius 2 is 2.24 bits per heavy atom. The first-order valence-electron chi connectivity index (χ1n) is 6.53. The maximum Gasteiger partial charge on any atom is 0.401 e. The molecule has 1 saturated heterocycles. The van der Waals surface area contributed by atoms with E-state index in [0.29, 0.717) is 26.1 Å². The molecule has 116 valence electrons. The van der Waals surface area contributed by atoms with Gasteiger partial charge in [0.2, 0.25) is 0 Å². The van der Waals surface area contributed by atoms with Gasteiger partial charge in [-0.2, -0.15) is 13.2 Å². The molecule has 8 heteroatoms. The molecule has 1 aliphatic rings. The van der Waals surface area contributed by atoms with Gasteiger partial charge in [-0.1, -0.05) is 17.7 Å². The van der Waals surface area contributed by atoms with Crippen molar-refractivity contribution in [3.63, 3.8) is 0 Å². The maximum absolute atomic E-state index is 12.3. The smallest absolute Gasteiger partial charge is 0.350 e. The third-order valence-electron chi connectivity index (χ3n) is 3.27. The minimum atomic E-state index is -4.18. The number of hydrogen-bond acceptors (Lipinski definition) is 3. The van der Waals surface area contributed by atoms with Crippen LogP contribution in [-0.2, 0) is 0 Å². The summed E-state index contributed by atoms with van der Waals surface area (Å²) in [7, 11) is 0. The van der Waals surface area contributed by atoms with Gasteiger partial charge < -0.3 is 5.32 Å².